The van der Waals surface area contributed by atoms with E-state index in [1.165, 1.54) is 0 Å². The number of halogens is 4. The zero-order chi connectivity index (χ0) is 18.6. The second-order valence-electron chi connectivity index (χ2n) is 5.20. The lowest BCUT2D eigenvalue weighted by Crippen LogP contribution is -2.40. The molecule has 0 aliphatic carbocycles. The average molecular weight is 371 g/mol. The molecule has 2 rings (SSSR count). The Bertz CT molecular complexity index is 797. The van der Waals surface area contributed by atoms with Crippen molar-refractivity contribution in [2.45, 2.75) is 13.5 Å². The largest absolute Gasteiger partial charge is 0.350 e. The second-order valence-corrected chi connectivity index (χ2v) is 5.64. The average Bonchev–Trinajstić information content (AvgIpc) is 2.57. The first kappa shape index (κ1) is 18.8. The summed E-state index contributed by atoms with van der Waals surface area (Å²) in [5.41, 5.74) is 0.263. The fourth-order valence-corrected chi connectivity index (χ4v) is 2.22. The van der Waals surface area contributed by atoms with Crippen LogP contribution in [0.1, 0.15) is 12.5 Å². The van der Waals surface area contributed by atoms with Crippen molar-refractivity contribution >= 4 is 29.1 Å². The fraction of sp³-hybridized carbons (Fsp3) is 0.176. The highest BCUT2D eigenvalue weighted by Gasteiger charge is 2.23. The number of hydrogen-bond donors (Lipinski definition) is 1. The van der Waals surface area contributed by atoms with E-state index in [0.717, 1.165) is 23.5 Å². The number of carbonyl (C=O) groups excluding carboxylic acids is 2. The quantitative estimate of drug-likeness (QED) is 0.820. The third-order valence-corrected chi connectivity index (χ3v) is 3.64. The van der Waals surface area contributed by atoms with Crippen molar-refractivity contribution in [2.24, 2.45) is 0 Å². The van der Waals surface area contributed by atoms with Crippen LogP contribution in [0.15, 0.2) is 36.4 Å². The van der Waals surface area contributed by atoms with Gasteiger partial charge in [-0.3, -0.25) is 9.59 Å². The van der Waals surface area contributed by atoms with E-state index in [0.29, 0.717) is 11.1 Å². The van der Waals surface area contributed by atoms with Gasteiger partial charge >= 0.3 is 0 Å². The molecule has 2 aromatic rings. The minimum absolute atomic E-state index is 0.169. The zero-order valence-corrected chi connectivity index (χ0v) is 13.9. The molecular weight excluding hydrogens is 357 g/mol. The number of benzene rings is 2. The first-order valence-electron chi connectivity index (χ1n) is 7.22. The first-order chi connectivity index (χ1) is 11.8. The molecule has 2 aromatic carbocycles. The van der Waals surface area contributed by atoms with Crippen LogP contribution in [0, 0.1) is 17.5 Å². The smallest absolute Gasteiger partial charge is 0.240 e. The number of amides is 2. The minimum atomic E-state index is -1.70. The van der Waals surface area contributed by atoms with Crippen molar-refractivity contribution in [2.75, 3.05) is 11.4 Å². The van der Waals surface area contributed by atoms with Crippen LogP contribution < -0.4 is 10.2 Å². The highest BCUT2D eigenvalue weighted by atomic mass is 35.5. The predicted octanol–water partition coefficient (Wildman–Crippen LogP) is 3.43. The molecule has 8 heteroatoms. The molecule has 0 atom stereocenters. The van der Waals surface area contributed by atoms with E-state index < -0.39 is 41.5 Å². The fourth-order valence-electron chi connectivity index (χ4n) is 2.09. The monoisotopic (exact) mass is 370 g/mol. The maximum absolute atomic E-state index is 13.9. The van der Waals surface area contributed by atoms with Gasteiger partial charge in [-0.05, 0) is 29.8 Å². The van der Waals surface area contributed by atoms with Gasteiger partial charge in [-0.1, -0.05) is 23.7 Å². The summed E-state index contributed by atoms with van der Waals surface area (Å²) in [6, 6.07) is 8.32. The molecule has 4 nitrogen and oxygen atoms in total. The molecule has 0 saturated heterocycles. The van der Waals surface area contributed by atoms with Crippen LogP contribution in [0.3, 0.4) is 0 Å². The van der Waals surface area contributed by atoms with Gasteiger partial charge in [0.15, 0.2) is 17.5 Å². The van der Waals surface area contributed by atoms with Crippen LogP contribution >= 0.6 is 11.6 Å². The van der Waals surface area contributed by atoms with E-state index in [1.807, 2.05) is 0 Å². The van der Waals surface area contributed by atoms with Gasteiger partial charge in [-0.2, -0.15) is 0 Å². The molecule has 0 saturated carbocycles. The zero-order valence-electron chi connectivity index (χ0n) is 13.2. The van der Waals surface area contributed by atoms with Crippen molar-refractivity contribution in [3.05, 3.63) is 64.4 Å². The van der Waals surface area contributed by atoms with E-state index >= 15 is 0 Å². The molecule has 0 aliphatic heterocycles. The molecule has 0 bridgehead atoms. The van der Waals surface area contributed by atoms with E-state index in [4.69, 9.17) is 11.6 Å². The third kappa shape index (κ3) is 4.73. The maximum Gasteiger partial charge on any atom is 0.240 e. The maximum atomic E-state index is 13.9. The molecule has 25 heavy (non-hydrogen) atoms. The van der Waals surface area contributed by atoms with Gasteiger partial charge in [0, 0.05) is 18.5 Å². The number of nitrogens with zero attached hydrogens (tertiary/aromatic N) is 1. The number of nitrogens with one attached hydrogen (secondary N) is 1. The molecule has 132 valence electrons. The van der Waals surface area contributed by atoms with Crippen LogP contribution in [-0.4, -0.2) is 18.4 Å². The lowest BCUT2D eigenvalue weighted by Gasteiger charge is -2.21. The summed E-state index contributed by atoms with van der Waals surface area (Å²) in [6.07, 6.45) is 0. The number of rotatable bonds is 5. The summed E-state index contributed by atoms with van der Waals surface area (Å²) in [5, 5.41) is 3.10. The molecular formula is C17H14ClF3N2O2. The van der Waals surface area contributed by atoms with Gasteiger partial charge in [-0.25, -0.2) is 13.2 Å². The Morgan fingerprint density at radius 1 is 1.04 bits per heavy atom. The minimum Gasteiger partial charge on any atom is -0.350 e. The number of anilines is 1. The molecule has 0 unspecified atom stereocenters. The Hall–Kier alpha value is -2.54. The molecule has 0 fully saturated rings. The summed E-state index contributed by atoms with van der Waals surface area (Å²) < 4.78 is 40.2. The van der Waals surface area contributed by atoms with Crippen molar-refractivity contribution in [3.8, 4) is 0 Å². The highest BCUT2D eigenvalue weighted by Crippen LogP contribution is 2.23. The van der Waals surface area contributed by atoms with Crippen LogP contribution in [0.25, 0.3) is 0 Å². The molecule has 2 amide bonds. The van der Waals surface area contributed by atoms with Crippen LogP contribution in [-0.2, 0) is 16.1 Å². The van der Waals surface area contributed by atoms with E-state index in [2.05, 4.69) is 5.32 Å². The van der Waals surface area contributed by atoms with E-state index in [1.54, 1.807) is 24.3 Å². The van der Waals surface area contributed by atoms with Crippen LogP contribution in [0.5, 0.6) is 0 Å². The van der Waals surface area contributed by atoms with Gasteiger partial charge in [0.1, 0.15) is 6.54 Å². The van der Waals surface area contributed by atoms with Gasteiger partial charge in [0.2, 0.25) is 11.8 Å². The normalized spacial score (nSPS) is 10.4. The molecule has 0 aliphatic rings. The van der Waals surface area contributed by atoms with E-state index in [9.17, 15) is 22.8 Å². The predicted molar refractivity (Wildman–Crippen MR) is 87.6 cm³/mol. The van der Waals surface area contributed by atoms with E-state index in [-0.39, 0.29) is 6.54 Å². The molecule has 0 spiro atoms. The van der Waals surface area contributed by atoms with Gasteiger partial charge in [-0.15, -0.1) is 0 Å². The molecule has 0 radical (unpaired) electrons. The first-order valence-corrected chi connectivity index (χ1v) is 7.60. The summed E-state index contributed by atoms with van der Waals surface area (Å²) >= 11 is 5.76. The van der Waals surface area contributed by atoms with Gasteiger partial charge in [0.25, 0.3) is 0 Å². The lowest BCUT2D eigenvalue weighted by molar-refractivity contribution is -0.123. The third-order valence-electron chi connectivity index (χ3n) is 3.39. The standard InChI is InChI=1S/C17H14ClF3N2O2/c1-10(24)23(14-7-6-13(19)16(20)17(14)21)9-15(25)22-8-11-2-4-12(18)5-3-11/h2-7H,8-9H2,1H3,(H,22,25). The molecule has 1 N–H and O–H groups in total. The van der Waals surface area contributed by atoms with Crippen molar-refractivity contribution in [1.82, 2.24) is 5.32 Å². The topological polar surface area (TPSA) is 49.4 Å². The van der Waals surface area contributed by atoms with Crippen molar-refractivity contribution < 1.29 is 22.8 Å². The number of carbonyl (C=O) groups is 2. The summed E-state index contributed by atoms with van der Waals surface area (Å²) in [5.74, 6) is -5.89. The lowest BCUT2D eigenvalue weighted by atomic mass is 10.2. The second kappa shape index (κ2) is 8.02. The van der Waals surface area contributed by atoms with Crippen molar-refractivity contribution in [3.63, 3.8) is 0 Å². The van der Waals surface area contributed by atoms with Gasteiger partial charge < -0.3 is 10.2 Å². The Balaban J connectivity index is 2.08. The highest BCUT2D eigenvalue weighted by molar-refractivity contribution is 6.30. The van der Waals surface area contributed by atoms with Crippen molar-refractivity contribution in [1.29, 1.82) is 0 Å². The Morgan fingerprint density at radius 3 is 2.28 bits per heavy atom. The number of hydrogen-bond acceptors (Lipinski definition) is 2. The Kier molecular flexibility index (Phi) is 6.03. The van der Waals surface area contributed by atoms with Crippen LogP contribution in [0.4, 0.5) is 18.9 Å². The Morgan fingerprint density at radius 2 is 1.68 bits per heavy atom. The SMILES string of the molecule is CC(=O)N(CC(=O)NCc1ccc(Cl)cc1)c1ccc(F)c(F)c1F. The van der Waals surface area contributed by atoms with Gasteiger partial charge in [0.05, 0.1) is 5.69 Å². The Labute approximate surface area is 147 Å². The molecule has 0 aromatic heterocycles. The van der Waals surface area contributed by atoms with Crippen LogP contribution in [0.2, 0.25) is 5.02 Å². The summed E-state index contributed by atoms with van der Waals surface area (Å²) in [4.78, 5) is 24.4. The molecule has 0 heterocycles. The summed E-state index contributed by atoms with van der Waals surface area (Å²) in [6.45, 7) is 0.722. The summed E-state index contributed by atoms with van der Waals surface area (Å²) in [7, 11) is 0.